The van der Waals surface area contributed by atoms with E-state index in [-0.39, 0.29) is 104 Å². The molecule has 0 fully saturated rings. The van der Waals surface area contributed by atoms with Gasteiger partial charge in [-0.1, -0.05) is 182 Å². The van der Waals surface area contributed by atoms with Gasteiger partial charge in [-0.05, 0) is 85.1 Å². The van der Waals surface area contributed by atoms with E-state index in [0.717, 1.165) is 151 Å². The molecule has 598 valence electrons. The van der Waals surface area contributed by atoms with Crippen LogP contribution in [0.15, 0.2) is 210 Å². The molecule has 0 unspecified atom stereocenters. The number of aliphatic hydroxyl groups excluding tert-OH is 2. The smallest absolute Gasteiger partial charge is 0.195 e. The maximum atomic E-state index is 13.0. The first-order chi connectivity index (χ1) is 52.5. The summed E-state index contributed by atoms with van der Waals surface area (Å²) in [6.45, 7) is 10.8. The Labute approximate surface area is 691 Å². The zero-order valence-electron chi connectivity index (χ0n) is 64.3. The predicted octanol–water partition coefficient (Wildman–Crippen LogP) is -4.92. The molecule has 0 amide bonds. The molecule has 0 saturated heterocycles. The summed E-state index contributed by atoms with van der Waals surface area (Å²) in [4.78, 5) is 63.1. The highest BCUT2D eigenvalue weighted by molar-refractivity contribution is 6.26. The SMILES string of the molecule is C[N+](C)(CCOCCO)CC1=Cc2cccc3cccc(c23)C1=O.C[N+](C)(CCOCCOCCO)CC1=Cc2cccc3cccc(c23)C1=O.[Cl-].[Cl-].[Cl-].[Cl-].[Cl-].[NH3+]CC1=Cc2cccc3cccc(c23)C1=O.[NH3+]CCOCC1=Cc2cccc3cccc(c23)C1=O.[NH3+]CCOCCOCC1=Cc2cccc3cccc(c23)C1=O. The van der Waals surface area contributed by atoms with Crippen LogP contribution < -0.4 is 79.2 Å². The highest BCUT2D eigenvalue weighted by Gasteiger charge is 2.31. The van der Waals surface area contributed by atoms with Crippen LogP contribution in [0.3, 0.4) is 0 Å². The van der Waals surface area contributed by atoms with Crippen LogP contribution >= 0.6 is 0 Å². The Hall–Kier alpha value is -8.52. The Balaban J connectivity index is 0.000000219. The van der Waals surface area contributed by atoms with Crippen LogP contribution in [0.2, 0.25) is 0 Å². The van der Waals surface area contributed by atoms with Crippen LogP contribution in [-0.2, 0) is 28.4 Å². The summed E-state index contributed by atoms with van der Waals surface area (Å²) in [7, 11) is 8.41. The molecule has 0 atom stereocenters. The molecule has 10 aromatic carbocycles. The zero-order valence-corrected chi connectivity index (χ0v) is 68.1. The van der Waals surface area contributed by atoms with E-state index in [9.17, 15) is 24.0 Å². The summed E-state index contributed by atoms with van der Waals surface area (Å²) in [5.74, 6) is 0.515. The minimum atomic E-state index is 0. The van der Waals surface area contributed by atoms with Gasteiger partial charge in [0.1, 0.15) is 32.7 Å². The van der Waals surface area contributed by atoms with Crippen molar-refractivity contribution in [3.8, 4) is 0 Å². The number of ether oxygens (including phenoxy) is 6. The zero-order chi connectivity index (χ0) is 76.2. The van der Waals surface area contributed by atoms with Gasteiger partial charge in [-0.15, -0.1) is 0 Å². The minimum Gasteiger partial charge on any atom is -1.00 e. The summed E-state index contributed by atoms with van der Waals surface area (Å²) in [5, 5.41) is 28.3. The van der Waals surface area contributed by atoms with Crippen molar-refractivity contribution in [2.45, 2.75) is 0 Å². The summed E-state index contributed by atoms with van der Waals surface area (Å²) < 4.78 is 33.8. The number of hydrogen-bond acceptors (Lipinski definition) is 13. The number of nitrogens with zero attached hydrogens (tertiary/aromatic N) is 2. The number of rotatable bonds is 29. The summed E-state index contributed by atoms with van der Waals surface area (Å²) in [6, 6.07) is 60.0. The van der Waals surface area contributed by atoms with Crippen LogP contribution in [0.25, 0.3) is 84.2 Å². The van der Waals surface area contributed by atoms with Gasteiger partial charge in [0.15, 0.2) is 28.9 Å². The fourth-order valence-electron chi connectivity index (χ4n) is 14.2. The van der Waals surface area contributed by atoms with Gasteiger partial charge >= 0.3 is 0 Å². The molecule has 0 radical (unpaired) electrons. The molecule has 5 aliphatic rings. The Morgan fingerprint density at radius 2 is 0.513 bits per heavy atom. The summed E-state index contributed by atoms with van der Waals surface area (Å²) in [5.41, 5.74) is 24.7. The first-order valence-corrected chi connectivity index (χ1v) is 37.0. The van der Waals surface area contributed by atoms with Crippen LogP contribution in [0.5, 0.6) is 0 Å². The molecule has 0 heterocycles. The third kappa shape index (κ3) is 23.4. The number of Topliss-reactive ketones (excluding diaryl/α,β-unsaturated/α-hetero) is 5. The normalized spacial score (nSPS) is 13.2. The number of likely N-dealkylation sites (N-methyl/N-ethyl adjacent to an activating group) is 2. The van der Waals surface area contributed by atoms with Gasteiger partial charge in [-0.3, -0.25) is 24.0 Å². The number of quaternary nitrogens is 5. The van der Waals surface area contributed by atoms with Gasteiger partial charge in [0, 0.05) is 65.9 Å². The third-order valence-electron chi connectivity index (χ3n) is 19.5. The van der Waals surface area contributed by atoms with Crippen molar-refractivity contribution in [2.24, 2.45) is 0 Å². The highest BCUT2D eigenvalue weighted by Crippen LogP contribution is 2.37. The number of carbonyl (C=O) groups excluding carboxylic acids is 5. The highest BCUT2D eigenvalue weighted by atomic mass is 35.5. The summed E-state index contributed by atoms with van der Waals surface area (Å²) >= 11 is 0. The molecule has 0 bridgehead atoms. The molecule has 0 aromatic heterocycles. The molecule has 18 nitrogen and oxygen atoms in total. The van der Waals surface area contributed by atoms with Crippen LogP contribution in [0, 0.1) is 0 Å². The van der Waals surface area contributed by atoms with Gasteiger partial charge in [0.2, 0.25) is 0 Å². The molecule has 0 spiro atoms. The van der Waals surface area contributed by atoms with Gasteiger partial charge in [0.05, 0.1) is 150 Å². The Bertz CT molecular complexity index is 5130. The quantitative estimate of drug-likeness (QED) is 0.0218. The van der Waals surface area contributed by atoms with Gasteiger partial charge in [-0.25, -0.2) is 0 Å². The van der Waals surface area contributed by atoms with E-state index in [1.165, 1.54) is 0 Å². The molecule has 10 aromatic rings. The average Bonchev–Trinajstić information content (AvgIpc) is 0.786. The third-order valence-corrected chi connectivity index (χ3v) is 19.5. The van der Waals surface area contributed by atoms with Crippen molar-refractivity contribution in [3.63, 3.8) is 0 Å². The largest absolute Gasteiger partial charge is 1.00 e. The molecule has 113 heavy (non-hydrogen) atoms. The monoisotopic (exact) mass is 1630 g/mol. The van der Waals surface area contributed by atoms with Crippen LogP contribution in [-0.4, -0.2) is 215 Å². The van der Waals surface area contributed by atoms with Gasteiger partial charge in [-0.2, -0.15) is 0 Å². The van der Waals surface area contributed by atoms with Crippen molar-refractivity contribution >= 4 is 113 Å². The predicted molar refractivity (Wildman–Crippen MR) is 427 cm³/mol. The lowest BCUT2D eigenvalue weighted by Crippen LogP contribution is -3.00. The maximum absolute atomic E-state index is 13.0. The van der Waals surface area contributed by atoms with E-state index in [4.69, 9.17) is 38.6 Å². The van der Waals surface area contributed by atoms with E-state index in [1.807, 2.05) is 188 Å². The minimum absolute atomic E-state index is 0. The Kier molecular flexibility index (Phi) is 37.1. The second-order valence-corrected chi connectivity index (χ2v) is 28.3. The average molecular weight is 1640 g/mol. The fourth-order valence-corrected chi connectivity index (χ4v) is 14.2. The van der Waals surface area contributed by atoms with E-state index in [2.05, 4.69) is 69.7 Å². The van der Waals surface area contributed by atoms with Crippen LogP contribution in [0.4, 0.5) is 0 Å². The molecular formula is C90H100Cl5N5O13. The number of carbonyl (C=O) groups is 5. The second kappa shape index (κ2) is 45.0. The van der Waals surface area contributed by atoms with Crippen molar-refractivity contribution < 1.29 is 151 Å². The molecule has 23 heteroatoms. The van der Waals surface area contributed by atoms with E-state index >= 15 is 0 Å². The first kappa shape index (κ1) is 93.3. The number of benzene rings is 10. The first-order valence-electron chi connectivity index (χ1n) is 37.0. The number of aliphatic hydroxyl groups is 2. The number of hydrogen-bond donors (Lipinski definition) is 5. The fraction of sp³-hybridized carbons (Fsp3) is 0.278. The lowest BCUT2D eigenvalue weighted by atomic mass is 9.87. The lowest BCUT2D eigenvalue weighted by Gasteiger charge is -2.31. The van der Waals surface area contributed by atoms with Gasteiger partial charge in [0.25, 0.3) is 0 Å². The number of ketones is 5. The molecule has 0 saturated carbocycles. The molecular weight excluding hydrogens is 1540 g/mol. The molecule has 15 rings (SSSR count). The second-order valence-electron chi connectivity index (χ2n) is 28.3. The number of halogens is 5. The van der Waals surface area contributed by atoms with Crippen molar-refractivity contribution in [3.05, 3.63) is 265 Å². The van der Waals surface area contributed by atoms with E-state index in [0.29, 0.717) is 120 Å². The van der Waals surface area contributed by atoms with Crippen LogP contribution in [0.1, 0.15) is 79.6 Å². The van der Waals surface area contributed by atoms with E-state index in [1.54, 1.807) is 0 Å². The van der Waals surface area contributed by atoms with E-state index < -0.39 is 0 Å². The molecule has 11 N–H and O–H groups in total. The maximum Gasteiger partial charge on any atom is 0.195 e. The topological polar surface area (TPSA) is 264 Å². The molecule has 5 aliphatic carbocycles. The lowest BCUT2D eigenvalue weighted by molar-refractivity contribution is -0.885. The summed E-state index contributed by atoms with van der Waals surface area (Å²) in [6.07, 6.45) is 9.92. The van der Waals surface area contributed by atoms with Gasteiger partial charge < -0.3 is 127 Å². The van der Waals surface area contributed by atoms with Crippen molar-refractivity contribution in [2.75, 3.05) is 167 Å². The Morgan fingerprint density at radius 1 is 0.283 bits per heavy atom. The standard InChI is InChI=1S/C22H28NO4.C20H24NO3.C18H19NO3.C16H15NO2.C14H11NO.5ClH/c1-23(2,9-11-26-13-14-27-12-10-24)16-19-15-18-7-3-5-17-6-4-8-20(21(17)18)22(19)25;1-21(2,9-11-24-12-10-22)14-17-13-16-7-3-5-15-6-4-8-18(19(15)16)20(17)23;19-7-8-21-9-10-22-12-15-11-14-5-1-3-13-4-2-6-16(17(13)14)18(15)20;17-7-8-19-10-13-9-12-5-1-3-11-4-2-6-14(15(11)12)16(13)18;15-8-11-7-10-5-1-3-9-4-2-6-12(13(9)10)14(11)16;;;;;/h3-8,15,24H,9-14,16H2,1-2H3;3-8,13,22H,9-12,14H2,1-2H3;1-6,11H,7-10,12,19H2;1-6,9H,7-8,10,17H2;1-7H,8,15H2;5*1H/q2*+1;;;;;;;;/p-2. The molecule has 0 aliphatic heterocycles. The van der Waals surface area contributed by atoms with Crippen molar-refractivity contribution in [1.29, 1.82) is 0 Å². The van der Waals surface area contributed by atoms with Crippen molar-refractivity contribution in [1.82, 2.24) is 0 Å². The Morgan fingerprint density at radius 3 is 0.814 bits per heavy atom.